The Morgan fingerprint density at radius 1 is 1.43 bits per heavy atom. The first kappa shape index (κ1) is 14.7. The van der Waals surface area contributed by atoms with Gasteiger partial charge in [0.2, 0.25) is 11.8 Å². The van der Waals surface area contributed by atoms with Crippen molar-refractivity contribution in [3.8, 4) is 12.3 Å². The molecule has 1 aromatic carbocycles. The molecule has 1 aliphatic heterocycles. The first-order chi connectivity index (χ1) is 9.95. The molecule has 21 heavy (non-hydrogen) atoms. The van der Waals surface area contributed by atoms with Crippen molar-refractivity contribution in [1.82, 2.24) is 10.2 Å². The van der Waals surface area contributed by atoms with Gasteiger partial charge >= 0.3 is 6.03 Å². The molecule has 108 valence electrons. The molecule has 0 aromatic heterocycles. The van der Waals surface area contributed by atoms with Gasteiger partial charge in [-0.25, -0.2) is 9.18 Å². The van der Waals surface area contributed by atoms with E-state index in [9.17, 15) is 18.8 Å². The van der Waals surface area contributed by atoms with E-state index in [1.807, 2.05) is 0 Å². The fourth-order valence-corrected chi connectivity index (χ4v) is 2.25. The lowest BCUT2D eigenvalue weighted by Crippen LogP contribution is -2.59. The molecule has 2 rings (SSSR count). The number of nitrogens with zero attached hydrogens (tertiary/aromatic N) is 1. The summed E-state index contributed by atoms with van der Waals surface area (Å²) in [6, 6.07) is 3.81. The quantitative estimate of drug-likeness (QED) is 0.675. The Kier molecular flexibility index (Phi) is 4.03. The topological polar surface area (TPSA) is 66.5 Å². The summed E-state index contributed by atoms with van der Waals surface area (Å²) in [5.74, 6) is -0.912. The monoisotopic (exact) mass is 288 g/mol. The Hall–Kier alpha value is -2.68. The number of carbonyl (C=O) groups is 3. The summed E-state index contributed by atoms with van der Waals surface area (Å²) in [4.78, 5) is 37.1. The van der Waals surface area contributed by atoms with Gasteiger partial charge < -0.3 is 0 Å². The van der Waals surface area contributed by atoms with Crippen LogP contribution in [0.2, 0.25) is 0 Å². The van der Waals surface area contributed by atoms with Gasteiger partial charge in [-0.05, 0) is 24.6 Å². The van der Waals surface area contributed by atoms with Crippen LogP contribution in [0, 0.1) is 18.2 Å². The van der Waals surface area contributed by atoms with E-state index in [0.717, 1.165) is 11.0 Å². The lowest BCUT2D eigenvalue weighted by molar-refractivity contribution is -0.139. The number of amides is 4. The molecule has 0 spiro atoms. The molecule has 1 heterocycles. The van der Waals surface area contributed by atoms with Crippen LogP contribution < -0.4 is 5.32 Å². The number of hydrogen-bond donors (Lipinski definition) is 1. The number of urea groups is 1. The zero-order valence-electron chi connectivity index (χ0n) is 11.3. The number of nitrogens with one attached hydrogen (secondary N) is 1. The summed E-state index contributed by atoms with van der Waals surface area (Å²) in [6.07, 6.45) is 5.35. The van der Waals surface area contributed by atoms with Gasteiger partial charge in [0.25, 0.3) is 0 Å². The van der Waals surface area contributed by atoms with E-state index in [0.29, 0.717) is 0 Å². The summed E-state index contributed by atoms with van der Waals surface area (Å²) in [7, 11) is 0. The zero-order chi connectivity index (χ0) is 15.6. The minimum Gasteiger partial charge on any atom is -0.277 e. The van der Waals surface area contributed by atoms with E-state index in [1.54, 1.807) is 6.92 Å². The minimum atomic E-state index is -1.25. The van der Waals surface area contributed by atoms with E-state index in [-0.39, 0.29) is 12.0 Å². The predicted octanol–water partition coefficient (Wildman–Crippen LogP) is 1.40. The van der Waals surface area contributed by atoms with Gasteiger partial charge in [-0.2, -0.15) is 0 Å². The molecule has 2 unspecified atom stereocenters. The van der Waals surface area contributed by atoms with Crippen LogP contribution >= 0.6 is 0 Å². The number of carbonyl (C=O) groups excluding carboxylic acids is 3. The molecular formula is C15H13FN2O3. The van der Waals surface area contributed by atoms with Crippen molar-refractivity contribution in [3.05, 3.63) is 35.6 Å². The SMILES string of the molecule is C#CCC(C)N1C(=O)NC(=O)C(c2cccc(F)c2)C1=O. The third kappa shape index (κ3) is 2.77. The molecule has 1 N–H and O–H groups in total. The standard InChI is InChI=1S/C15H13FN2O3/c1-3-5-9(2)18-14(20)12(13(19)17-15(18)21)10-6-4-7-11(16)8-10/h1,4,6-9,12H,5H2,2H3,(H,17,19,21). The maximum absolute atomic E-state index is 13.3. The summed E-state index contributed by atoms with van der Waals surface area (Å²) in [5, 5.41) is 2.10. The lowest BCUT2D eigenvalue weighted by Gasteiger charge is -2.33. The van der Waals surface area contributed by atoms with E-state index in [4.69, 9.17) is 6.42 Å². The van der Waals surface area contributed by atoms with E-state index < -0.39 is 35.6 Å². The zero-order valence-corrected chi connectivity index (χ0v) is 11.3. The molecule has 0 radical (unpaired) electrons. The molecule has 0 bridgehead atoms. The van der Waals surface area contributed by atoms with Crippen molar-refractivity contribution in [2.75, 3.05) is 0 Å². The number of rotatable bonds is 3. The second kappa shape index (κ2) is 5.75. The highest BCUT2D eigenvalue weighted by Crippen LogP contribution is 2.25. The third-order valence-corrected chi connectivity index (χ3v) is 3.23. The number of benzene rings is 1. The number of hydrogen-bond acceptors (Lipinski definition) is 3. The Morgan fingerprint density at radius 2 is 2.14 bits per heavy atom. The van der Waals surface area contributed by atoms with Gasteiger partial charge in [-0.15, -0.1) is 12.3 Å². The van der Waals surface area contributed by atoms with Crippen LogP contribution in [-0.4, -0.2) is 28.8 Å². The second-order valence-corrected chi connectivity index (χ2v) is 4.75. The summed E-state index contributed by atoms with van der Waals surface area (Å²) < 4.78 is 13.3. The van der Waals surface area contributed by atoms with Crippen LogP contribution in [0.5, 0.6) is 0 Å². The van der Waals surface area contributed by atoms with E-state index in [1.165, 1.54) is 18.2 Å². The van der Waals surface area contributed by atoms with Crippen LogP contribution in [0.3, 0.4) is 0 Å². The van der Waals surface area contributed by atoms with Crippen LogP contribution in [0.4, 0.5) is 9.18 Å². The van der Waals surface area contributed by atoms with Gasteiger partial charge in [-0.1, -0.05) is 12.1 Å². The fourth-order valence-electron chi connectivity index (χ4n) is 2.25. The maximum Gasteiger partial charge on any atom is 0.331 e. The number of halogens is 1. The predicted molar refractivity (Wildman–Crippen MR) is 72.4 cm³/mol. The molecule has 6 heteroatoms. The lowest BCUT2D eigenvalue weighted by atomic mass is 9.94. The number of terminal acetylenes is 1. The van der Waals surface area contributed by atoms with Crippen molar-refractivity contribution in [2.24, 2.45) is 0 Å². The molecule has 0 aliphatic carbocycles. The summed E-state index contributed by atoms with van der Waals surface area (Å²) >= 11 is 0. The van der Waals surface area contributed by atoms with Crippen molar-refractivity contribution in [3.63, 3.8) is 0 Å². The Bertz CT molecular complexity index is 651. The van der Waals surface area contributed by atoms with Gasteiger partial charge in [0.15, 0.2) is 0 Å². The Labute approximate surface area is 121 Å². The van der Waals surface area contributed by atoms with Crippen molar-refractivity contribution >= 4 is 17.8 Å². The molecule has 4 amide bonds. The fraction of sp³-hybridized carbons (Fsp3) is 0.267. The molecule has 0 saturated carbocycles. The first-order valence-corrected chi connectivity index (χ1v) is 6.32. The highest BCUT2D eigenvalue weighted by molar-refractivity contribution is 6.19. The summed E-state index contributed by atoms with van der Waals surface area (Å²) in [6.45, 7) is 1.61. The number of barbiturate groups is 1. The average Bonchev–Trinajstić information content (AvgIpc) is 2.38. The van der Waals surface area contributed by atoms with Crippen LogP contribution in [-0.2, 0) is 9.59 Å². The van der Waals surface area contributed by atoms with Crippen LogP contribution in [0.1, 0.15) is 24.8 Å². The highest BCUT2D eigenvalue weighted by Gasteiger charge is 2.43. The normalized spacial score (nSPS) is 20.0. The third-order valence-electron chi connectivity index (χ3n) is 3.23. The van der Waals surface area contributed by atoms with Gasteiger partial charge in [-0.3, -0.25) is 19.8 Å². The molecule has 2 atom stereocenters. The van der Waals surface area contributed by atoms with Gasteiger partial charge in [0.05, 0.1) is 0 Å². The smallest absolute Gasteiger partial charge is 0.277 e. The summed E-state index contributed by atoms with van der Waals surface area (Å²) in [5.41, 5.74) is 0.197. The average molecular weight is 288 g/mol. The van der Waals surface area contributed by atoms with Crippen molar-refractivity contribution in [1.29, 1.82) is 0 Å². The minimum absolute atomic E-state index is 0.170. The Morgan fingerprint density at radius 3 is 2.76 bits per heavy atom. The van der Waals surface area contributed by atoms with Crippen molar-refractivity contribution in [2.45, 2.75) is 25.3 Å². The number of imide groups is 2. The van der Waals surface area contributed by atoms with E-state index in [2.05, 4.69) is 11.2 Å². The van der Waals surface area contributed by atoms with Crippen LogP contribution in [0.15, 0.2) is 24.3 Å². The van der Waals surface area contributed by atoms with Gasteiger partial charge in [0.1, 0.15) is 11.7 Å². The van der Waals surface area contributed by atoms with Crippen molar-refractivity contribution < 1.29 is 18.8 Å². The molecule has 1 aromatic rings. The molecular weight excluding hydrogens is 275 g/mol. The largest absolute Gasteiger partial charge is 0.331 e. The Balaban J connectivity index is 2.38. The molecule has 5 nitrogen and oxygen atoms in total. The molecule has 1 saturated heterocycles. The van der Waals surface area contributed by atoms with Crippen LogP contribution in [0.25, 0.3) is 0 Å². The van der Waals surface area contributed by atoms with Gasteiger partial charge in [0, 0.05) is 12.5 Å². The molecule has 1 fully saturated rings. The molecule has 1 aliphatic rings. The maximum atomic E-state index is 13.3. The first-order valence-electron chi connectivity index (χ1n) is 6.32. The van der Waals surface area contributed by atoms with E-state index >= 15 is 0 Å². The second-order valence-electron chi connectivity index (χ2n) is 4.75. The highest BCUT2D eigenvalue weighted by atomic mass is 19.1.